The number of aliphatic hydroxyl groups is 1. The third kappa shape index (κ3) is 4.92. The molecule has 1 aliphatic heterocycles. The molecule has 3 heterocycles. The van der Waals surface area contributed by atoms with E-state index in [0.29, 0.717) is 47.0 Å². The number of nitrogens with one attached hydrogen (secondary N) is 1. The molecule has 10 heteroatoms. The number of carbonyl (C=O) groups is 1. The molecule has 2 aromatic heterocycles. The van der Waals surface area contributed by atoms with Crippen LogP contribution in [-0.4, -0.2) is 80.3 Å². The van der Waals surface area contributed by atoms with Crippen molar-refractivity contribution in [1.29, 1.82) is 0 Å². The molecule has 2 aliphatic rings. The number of aryl methyl sites for hydroxylation is 1. The summed E-state index contributed by atoms with van der Waals surface area (Å²) in [4.78, 5) is 33.4. The Labute approximate surface area is 213 Å². The van der Waals surface area contributed by atoms with Gasteiger partial charge >= 0.3 is 0 Å². The molecule has 3 aromatic rings. The van der Waals surface area contributed by atoms with E-state index >= 15 is 0 Å². The zero-order valence-corrected chi connectivity index (χ0v) is 21.1. The molecule has 1 amide bonds. The quantitative estimate of drug-likeness (QED) is 0.356. The number of carbonyl (C=O) groups excluding carboxylic acids is 1. The van der Waals surface area contributed by atoms with E-state index in [2.05, 4.69) is 21.6 Å². The summed E-state index contributed by atoms with van der Waals surface area (Å²) in [6, 6.07) is 3.63. The van der Waals surface area contributed by atoms with Crippen molar-refractivity contribution >= 4 is 27.7 Å². The second-order valence-corrected chi connectivity index (χ2v) is 10.4. The van der Waals surface area contributed by atoms with Gasteiger partial charge < -0.3 is 15.0 Å². The van der Waals surface area contributed by atoms with E-state index in [1.54, 1.807) is 16.8 Å². The van der Waals surface area contributed by atoms with E-state index in [1.165, 1.54) is 6.20 Å². The van der Waals surface area contributed by atoms with E-state index in [1.807, 2.05) is 17.9 Å². The van der Waals surface area contributed by atoms with Gasteiger partial charge in [0.1, 0.15) is 0 Å². The van der Waals surface area contributed by atoms with E-state index in [0.717, 1.165) is 31.5 Å². The predicted molar refractivity (Wildman–Crippen MR) is 138 cm³/mol. The maximum Gasteiger partial charge on any atom is 0.259 e. The number of pyridine rings is 1. The lowest BCUT2D eigenvalue weighted by molar-refractivity contribution is -0.114. The molecular weight excluding hydrogens is 480 g/mol. The highest BCUT2D eigenvalue weighted by Crippen LogP contribution is 2.43. The Morgan fingerprint density at radius 1 is 1.27 bits per heavy atom. The second kappa shape index (κ2) is 9.98. The highest BCUT2D eigenvalue weighted by Gasteiger charge is 2.45. The van der Waals surface area contributed by atoms with Gasteiger partial charge in [0.15, 0.2) is 0 Å². The lowest BCUT2D eigenvalue weighted by Crippen LogP contribution is -2.54. The maximum absolute atomic E-state index is 13.7. The van der Waals surface area contributed by atoms with Crippen molar-refractivity contribution in [2.45, 2.75) is 51.1 Å². The van der Waals surface area contributed by atoms with Crippen LogP contribution in [-0.2, 0) is 6.54 Å². The fourth-order valence-electron chi connectivity index (χ4n) is 5.69. The van der Waals surface area contributed by atoms with Crippen molar-refractivity contribution in [3.63, 3.8) is 0 Å². The summed E-state index contributed by atoms with van der Waals surface area (Å²) < 4.78 is 28.5. The number of alkyl halides is 2. The van der Waals surface area contributed by atoms with Gasteiger partial charge in [-0.2, -0.15) is 5.10 Å². The van der Waals surface area contributed by atoms with Crippen LogP contribution in [0.4, 0.5) is 8.78 Å². The Balaban J connectivity index is 1.45. The standard InChI is InChI=1S/C27H33F2N5O3/c1-3-19-16-33(8-7-32(19)6-4-5-9-35)26(37)20-11-21-23(10-17(20)2)31-25(36)22-14-30-34(24(21)22)15-18-12-27(28,29)13-18/h3,10-11,14,18-19,35H,1,4-9,12-13,15-16H2,2H3,(H,31,36). The average molecular weight is 514 g/mol. The molecule has 1 aromatic carbocycles. The molecule has 2 N–H and O–H groups in total. The number of aromatic amines is 1. The number of piperazine rings is 1. The van der Waals surface area contributed by atoms with Gasteiger partial charge in [0.2, 0.25) is 5.92 Å². The molecule has 198 valence electrons. The van der Waals surface area contributed by atoms with Crippen LogP contribution in [0.25, 0.3) is 21.8 Å². The fraction of sp³-hybridized carbons (Fsp3) is 0.519. The van der Waals surface area contributed by atoms with Crippen LogP contribution < -0.4 is 5.56 Å². The van der Waals surface area contributed by atoms with Gasteiger partial charge in [-0.1, -0.05) is 6.08 Å². The molecule has 8 nitrogen and oxygen atoms in total. The van der Waals surface area contributed by atoms with Gasteiger partial charge in [0.25, 0.3) is 11.5 Å². The largest absolute Gasteiger partial charge is 0.396 e. The summed E-state index contributed by atoms with van der Waals surface area (Å²) >= 11 is 0. The summed E-state index contributed by atoms with van der Waals surface area (Å²) in [7, 11) is 0. The lowest BCUT2D eigenvalue weighted by atomic mass is 9.81. The first-order valence-electron chi connectivity index (χ1n) is 12.9. The third-order valence-corrected chi connectivity index (χ3v) is 7.73. The highest BCUT2D eigenvalue weighted by atomic mass is 19.3. The number of aromatic nitrogens is 3. The normalized spacial score (nSPS) is 20.4. The number of halogens is 2. The zero-order chi connectivity index (χ0) is 26.3. The monoisotopic (exact) mass is 513 g/mol. The number of benzene rings is 1. The van der Waals surface area contributed by atoms with Crippen molar-refractivity contribution in [1.82, 2.24) is 24.6 Å². The minimum atomic E-state index is -2.63. The highest BCUT2D eigenvalue weighted by molar-refractivity contribution is 6.07. The molecule has 5 rings (SSSR count). The molecular formula is C27H33F2N5O3. The van der Waals surface area contributed by atoms with Crippen molar-refractivity contribution in [3.05, 3.63) is 52.5 Å². The molecule has 37 heavy (non-hydrogen) atoms. The first-order chi connectivity index (χ1) is 17.7. The number of nitrogens with zero attached hydrogens (tertiary/aromatic N) is 4. The van der Waals surface area contributed by atoms with Crippen LogP contribution in [0.1, 0.15) is 41.6 Å². The number of unbranched alkanes of at least 4 members (excludes halogenated alkanes) is 1. The van der Waals surface area contributed by atoms with Gasteiger partial charge in [0, 0.05) is 62.6 Å². The van der Waals surface area contributed by atoms with Crippen LogP contribution in [0, 0.1) is 12.8 Å². The molecule has 1 saturated carbocycles. The molecule has 0 bridgehead atoms. The van der Waals surface area contributed by atoms with E-state index in [4.69, 9.17) is 5.11 Å². The SMILES string of the molecule is C=CC1CN(C(=O)c2cc3c(cc2C)[nH]c(=O)c2cnn(CC4CC(F)(F)C4)c23)CCN1CCCCO. The average Bonchev–Trinajstić information content (AvgIpc) is 3.27. The maximum atomic E-state index is 13.7. The zero-order valence-electron chi connectivity index (χ0n) is 21.1. The van der Waals surface area contributed by atoms with E-state index in [-0.39, 0.29) is 42.9 Å². The Bertz CT molecular complexity index is 1390. The smallest absolute Gasteiger partial charge is 0.259 e. The topological polar surface area (TPSA) is 94.5 Å². The van der Waals surface area contributed by atoms with Gasteiger partial charge in [-0.25, -0.2) is 8.78 Å². The summed E-state index contributed by atoms with van der Waals surface area (Å²) in [5.74, 6) is -2.93. The number of aliphatic hydroxyl groups excluding tert-OH is 1. The van der Waals surface area contributed by atoms with Crippen LogP contribution in [0.2, 0.25) is 0 Å². The predicted octanol–water partition coefficient (Wildman–Crippen LogP) is 3.32. The van der Waals surface area contributed by atoms with Crippen LogP contribution in [0.3, 0.4) is 0 Å². The third-order valence-electron chi connectivity index (χ3n) is 7.73. The Hall–Kier alpha value is -3.11. The second-order valence-electron chi connectivity index (χ2n) is 10.4. The molecule has 1 unspecified atom stereocenters. The lowest BCUT2D eigenvalue weighted by Gasteiger charge is -2.40. The Morgan fingerprint density at radius 2 is 2.05 bits per heavy atom. The number of H-pyrrole nitrogens is 1. The van der Waals surface area contributed by atoms with Crippen molar-refractivity contribution in [2.75, 3.05) is 32.8 Å². The van der Waals surface area contributed by atoms with E-state index in [9.17, 15) is 18.4 Å². The summed E-state index contributed by atoms with van der Waals surface area (Å²) in [6.07, 6.45) is 4.59. The summed E-state index contributed by atoms with van der Waals surface area (Å²) in [5.41, 5.74) is 2.15. The van der Waals surface area contributed by atoms with Crippen molar-refractivity contribution in [3.8, 4) is 0 Å². The molecule has 1 aliphatic carbocycles. The number of amides is 1. The summed E-state index contributed by atoms with van der Waals surface area (Å²) in [5, 5.41) is 14.5. The first-order valence-corrected chi connectivity index (χ1v) is 12.9. The fourth-order valence-corrected chi connectivity index (χ4v) is 5.69. The van der Waals surface area contributed by atoms with Gasteiger partial charge in [-0.15, -0.1) is 6.58 Å². The minimum absolute atomic E-state index is 0.0299. The van der Waals surface area contributed by atoms with E-state index < -0.39 is 5.92 Å². The van der Waals surface area contributed by atoms with Crippen LogP contribution in [0.5, 0.6) is 0 Å². The van der Waals surface area contributed by atoms with Gasteiger partial charge in [-0.3, -0.25) is 19.2 Å². The number of hydrogen-bond acceptors (Lipinski definition) is 5. The number of hydrogen-bond donors (Lipinski definition) is 2. The van der Waals surface area contributed by atoms with Crippen molar-refractivity contribution in [2.24, 2.45) is 5.92 Å². The first kappa shape index (κ1) is 25.5. The number of fused-ring (bicyclic) bond motifs is 3. The van der Waals surface area contributed by atoms with Crippen LogP contribution >= 0.6 is 0 Å². The molecule has 2 fully saturated rings. The Morgan fingerprint density at radius 3 is 2.76 bits per heavy atom. The number of rotatable bonds is 8. The molecule has 1 atom stereocenters. The molecule has 0 radical (unpaired) electrons. The minimum Gasteiger partial charge on any atom is -0.396 e. The molecule has 1 saturated heterocycles. The van der Waals surface area contributed by atoms with Crippen molar-refractivity contribution < 1.29 is 18.7 Å². The van der Waals surface area contributed by atoms with Crippen LogP contribution in [0.15, 0.2) is 35.8 Å². The molecule has 0 spiro atoms. The van der Waals surface area contributed by atoms with Gasteiger partial charge in [0.05, 0.1) is 22.6 Å². The van der Waals surface area contributed by atoms with Gasteiger partial charge in [-0.05, 0) is 49.9 Å². The Kier molecular flexibility index (Phi) is 6.89. The summed E-state index contributed by atoms with van der Waals surface area (Å²) in [6.45, 7) is 8.94.